The Morgan fingerprint density at radius 1 is 0.909 bits per heavy atom. The van der Waals surface area contributed by atoms with Crippen molar-refractivity contribution < 1.29 is 0 Å². The van der Waals surface area contributed by atoms with Gasteiger partial charge in [-0.15, -0.1) is 0 Å². The number of pyridine rings is 2. The van der Waals surface area contributed by atoms with Crippen LogP contribution in [0, 0.1) is 0 Å². The fourth-order valence-corrected chi connectivity index (χ4v) is 2.67. The summed E-state index contributed by atoms with van der Waals surface area (Å²) in [5, 5.41) is 6.07. The highest BCUT2D eigenvalue weighted by Crippen LogP contribution is 2.28. The Morgan fingerprint density at radius 3 is 2.68 bits per heavy atom. The molecule has 4 rings (SSSR count). The first-order chi connectivity index (χ1) is 10.8. The quantitative estimate of drug-likeness (QED) is 0.559. The second-order valence-corrected chi connectivity index (χ2v) is 5.29. The topological polar surface area (TPSA) is 43.6 Å². The van der Waals surface area contributed by atoms with Crippen LogP contribution in [0.1, 0.15) is 0 Å². The van der Waals surface area contributed by atoms with Gasteiger partial charge in [0.1, 0.15) is 0 Å². The van der Waals surface area contributed by atoms with Crippen LogP contribution < -0.4 is 0 Å². The van der Waals surface area contributed by atoms with Crippen molar-refractivity contribution in [3.8, 4) is 16.8 Å². The molecule has 0 radical (unpaired) electrons. The number of hydrogen-bond acceptors (Lipinski definition) is 3. The Hall–Kier alpha value is -2.72. The van der Waals surface area contributed by atoms with Crippen LogP contribution >= 0.6 is 11.6 Å². The fraction of sp³-hybridized carbons (Fsp3) is 0. The van der Waals surface area contributed by atoms with Crippen LogP contribution in [-0.4, -0.2) is 19.7 Å². The summed E-state index contributed by atoms with van der Waals surface area (Å²) in [6, 6.07) is 11.6. The Morgan fingerprint density at radius 2 is 1.82 bits per heavy atom. The second kappa shape index (κ2) is 5.24. The van der Waals surface area contributed by atoms with Crippen LogP contribution in [0.5, 0.6) is 0 Å². The Bertz CT molecular complexity index is 947. The third-order valence-corrected chi connectivity index (χ3v) is 3.83. The molecule has 4 nitrogen and oxygen atoms in total. The molecule has 0 aliphatic heterocycles. The number of hydrogen-bond donors (Lipinski definition) is 0. The van der Waals surface area contributed by atoms with Crippen LogP contribution in [0.15, 0.2) is 67.4 Å². The van der Waals surface area contributed by atoms with Gasteiger partial charge in [-0.1, -0.05) is 17.7 Å². The molecule has 0 unspecified atom stereocenters. The van der Waals surface area contributed by atoms with Gasteiger partial charge in [0.2, 0.25) is 0 Å². The zero-order valence-electron chi connectivity index (χ0n) is 11.5. The maximum Gasteiger partial charge on any atom is 0.0909 e. The standard InChI is InChI=1S/C17H11ClN4/c18-15-5-6-16(14-4-2-8-20-17(14)15)22-11-13(10-21-22)12-3-1-7-19-9-12/h1-11H. The summed E-state index contributed by atoms with van der Waals surface area (Å²) in [5.74, 6) is 0. The largest absolute Gasteiger partial charge is 0.264 e. The molecule has 3 heterocycles. The number of aromatic nitrogens is 4. The molecule has 0 N–H and O–H groups in total. The van der Waals surface area contributed by atoms with Gasteiger partial charge >= 0.3 is 0 Å². The van der Waals surface area contributed by atoms with Gasteiger partial charge in [-0.05, 0) is 30.3 Å². The number of rotatable bonds is 2. The number of nitrogens with zero attached hydrogens (tertiary/aromatic N) is 4. The van der Waals surface area contributed by atoms with E-state index in [0.29, 0.717) is 5.02 Å². The van der Waals surface area contributed by atoms with Crippen LogP contribution in [-0.2, 0) is 0 Å². The predicted octanol–water partition coefficient (Wildman–Crippen LogP) is 4.14. The lowest BCUT2D eigenvalue weighted by molar-refractivity contribution is 0.887. The first-order valence-electron chi connectivity index (χ1n) is 6.81. The highest BCUT2D eigenvalue weighted by atomic mass is 35.5. The number of halogens is 1. The zero-order valence-corrected chi connectivity index (χ0v) is 12.3. The molecule has 4 aromatic rings. The van der Waals surface area contributed by atoms with Crippen molar-refractivity contribution in [3.05, 3.63) is 72.4 Å². The molecule has 106 valence electrons. The van der Waals surface area contributed by atoms with Gasteiger partial charge in [-0.3, -0.25) is 9.97 Å². The molecule has 0 atom stereocenters. The molecule has 0 saturated heterocycles. The van der Waals surface area contributed by atoms with Crippen LogP contribution in [0.25, 0.3) is 27.7 Å². The highest BCUT2D eigenvalue weighted by molar-refractivity contribution is 6.35. The molecule has 0 fully saturated rings. The Balaban J connectivity index is 1.87. The van der Waals surface area contributed by atoms with Crippen molar-refractivity contribution in [2.75, 3.05) is 0 Å². The minimum absolute atomic E-state index is 0.638. The van der Waals surface area contributed by atoms with E-state index in [9.17, 15) is 0 Å². The molecule has 0 aliphatic rings. The van der Waals surface area contributed by atoms with E-state index >= 15 is 0 Å². The minimum atomic E-state index is 0.638. The molecular formula is C17H11ClN4. The van der Waals surface area contributed by atoms with Gasteiger partial charge < -0.3 is 0 Å². The van der Waals surface area contributed by atoms with Gasteiger partial charge in [0.15, 0.2) is 0 Å². The maximum atomic E-state index is 6.22. The SMILES string of the molecule is Clc1ccc(-n2cc(-c3cccnc3)cn2)c2cccnc12. The lowest BCUT2D eigenvalue weighted by Gasteiger charge is -2.07. The van der Waals surface area contributed by atoms with E-state index < -0.39 is 0 Å². The van der Waals surface area contributed by atoms with Gasteiger partial charge in [0.25, 0.3) is 0 Å². The molecule has 0 saturated carbocycles. The highest BCUT2D eigenvalue weighted by Gasteiger charge is 2.09. The summed E-state index contributed by atoms with van der Waals surface area (Å²) in [7, 11) is 0. The van der Waals surface area contributed by atoms with Gasteiger partial charge in [0, 0.05) is 41.3 Å². The van der Waals surface area contributed by atoms with Crippen molar-refractivity contribution in [2.45, 2.75) is 0 Å². The molecule has 0 aliphatic carbocycles. The van der Waals surface area contributed by atoms with Crippen LogP contribution in [0.3, 0.4) is 0 Å². The van der Waals surface area contributed by atoms with Gasteiger partial charge in [0.05, 0.1) is 22.4 Å². The van der Waals surface area contributed by atoms with E-state index in [2.05, 4.69) is 15.1 Å². The fourth-order valence-electron chi connectivity index (χ4n) is 2.46. The van der Waals surface area contributed by atoms with Gasteiger partial charge in [-0.25, -0.2) is 4.68 Å². The van der Waals surface area contributed by atoms with E-state index in [1.54, 1.807) is 12.4 Å². The van der Waals surface area contributed by atoms with Crippen molar-refractivity contribution in [2.24, 2.45) is 0 Å². The van der Waals surface area contributed by atoms with Crippen molar-refractivity contribution in [1.82, 2.24) is 19.7 Å². The normalized spacial score (nSPS) is 11.0. The molecule has 1 aromatic carbocycles. The first-order valence-corrected chi connectivity index (χ1v) is 7.19. The van der Waals surface area contributed by atoms with E-state index in [1.807, 2.05) is 59.7 Å². The van der Waals surface area contributed by atoms with Crippen molar-refractivity contribution >= 4 is 22.5 Å². The molecule has 5 heteroatoms. The average Bonchev–Trinajstić information content (AvgIpc) is 3.06. The Kier molecular flexibility index (Phi) is 3.09. The van der Waals surface area contributed by atoms with E-state index in [1.165, 1.54) is 0 Å². The monoisotopic (exact) mass is 306 g/mol. The third kappa shape index (κ3) is 2.14. The first kappa shape index (κ1) is 13.0. The number of benzene rings is 1. The summed E-state index contributed by atoms with van der Waals surface area (Å²) in [5.41, 5.74) is 3.77. The summed E-state index contributed by atoms with van der Waals surface area (Å²) in [4.78, 5) is 8.49. The second-order valence-electron chi connectivity index (χ2n) is 4.88. The van der Waals surface area contributed by atoms with Gasteiger partial charge in [-0.2, -0.15) is 5.10 Å². The Labute approximate surface area is 132 Å². The zero-order chi connectivity index (χ0) is 14.9. The summed E-state index contributed by atoms with van der Waals surface area (Å²) in [6.07, 6.45) is 9.12. The van der Waals surface area contributed by atoms with E-state index in [0.717, 1.165) is 27.7 Å². The molecular weight excluding hydrogens is 296 g/mol. The molecule has 22 heavy (non-hydrogen) atoms. The maximum absolute atomic E-state index is 6.22. The van der Waals surface area contributed by atoms with Crippen molar-refractivity contribution in [3.63, 3.8) is 0 Å². The summed E-state index contributed by atoms with van der Waals surface area (Å²) in [6.45, 7) is 0. The van der Waals surface area contributed by atoms with E-state index in [-0.39, 0.29) is 0 Å². The molecule has 3 aromatic heterocycles. The minimum Gasteiger partial charge on any atom is -0.264 e. The third-order valence-electron chi connectivity index (χ3n) is 3.52. The van der Waals surface area contributed by atoms with E-state index in [4.69, 9.17) is 11.6 Å². The lowest BCUT2D eigenvalue weighted by Crippen LogP contribution is -1.96. The smallest absolute Gasteiger partial charge is 0.0909 e. The van der Waals surface area contributed by atoms with Crippen molar-refractivity contribution in [1.29, 1.82) is 0 Å². The number of fused-ring (bicyclic) bond motifs is 1. The average molecular weight is 307 g/mol. The predicted molar refractivity (Wildman–Crippen MR) is 87.1 cm³/mol. The van der Waals surface area contributed by atoms with Crippen LogP contribution in [0.4, 0.5) is 0 Å². The lowest BCUT2D eigenvalue weighted by atomic mass is 10.1. The summed E-state index contributed by atoms with van der Waals surface area (Å²) < 4.78 is 1.84. The molecule has 0 bridgehead atoms. The molecule has 0 spiro atoms. The molecule has 0 amide bonds. The summed E-state index contributed by atoms with van der Waals surface area (Å²) >= 11 is 6.22. The van der Waals surface area contributed by atoms with Crippen LogP contribution in [0.2, 0.25) is 5.02 Å².